The second-order valence-electron chi connectivity index (χ2n) is 4.45. The van der Waals surface area contributed by atoms with E-state index in [9.17, 15) is 4.79 Å². The van der Waals surface area contributed by atoms with Gasteiger partial charge in [0.2, 0.25) is 0 Å². The van der Waals surface area contributed by atoms with Crippen LogP contribution in [0, 0.1) is 12.3 Å². The van der Waals surface area contributed by atoms with Gasteiger partial charge in [0, 0.05) is 18.8 Å². The predicted octanol–water partition coefficient (Wildman–Crippen LogP) is 0.748. The summed E-state index contributed by atoms with van der Waals surface area (Å²) in [5.74, 6) is 0.433. The van der Waals surface area contributed by atoms with Crippen molar-refractivity contribution >= 4 is 17.7 Å². The summed E-state index contributed by atoms with van der Waals surface area (Å²) < 4.78 is 1.91. The van der Waals surface area contributed by atoms with Crippen LogP contribution in [-0.2, 0) is 11.3 Å². The second kappa shape index (κ2) is 5.50. The molecule has 0 aliphatic rings. The molecule has 1 aromatic heterocycles. The van der Waals surface area contributed by atoms with E-state index >= 15 is 0 Å². The number of aromatic nitrogens is 3. The number of nitrogens with zero attached hydrogens (tertiary/aromatic N) is 3. The van der Waals surface area contributed by atoms with E-state index in [4.69, 9.17) is 10.8 Å². The maximum atomic E-state index is 11.0. The van der Waals surface area contributed by atoms with Crippen LogP contribution in [0.4, 0.5) is 0 Å². The zero-order valence-electron chi connectivity index (χ0n) is 10.3. The minimum atomic E-state index is -0.813. The first-order chi connectivity index (χ1) is 7.88. The lowest BCUT2D eigenvalue weighted by atomic mass is 9.97. The summed E-state index contributed by atoms with van der Waals surface area (Å²) in [6, 6.07) is 0. The standard InChI is InChI=1S/C10H18N4O2S/c1-7-12-13-9(14(7)5-4-11)17-6-10(2,3)8(15)16/h4-6,11H2,1-3H3,(H,15,16). The van der Waals surface area contributed by atoms with Gasteiger partial charge in [0.1, 0.15) is 5.82 Å². The Morgan fingerprint density at radius 2 is 2.18 bits per heavy atom. The monoisotopic (exact) mass is 258 g/mol. The zero-order chi connectivity index (χ0) is 13.1. The summed E-state index contributed by atoms with van der Waals surface area (Å²) in [4.78, 5) is 11.0. The molecule has 0 amide bonds. The van der Waals surface area contributed by atoms with E-state index in [1.54, 1.807) is 13.8 Å². The van der Waals surface area contributed by atoms with Crippen LogP contribution in [0.25, 0.3) is 0 Å². The fraction of sp³-hybridized carbons (Fsp3) is 0.700. The Hall–Kier alpha value is -1.08. The van der Waals surface area contributed by atoms with Crippen LogP contribution in [0.1, 0.15) is 19.7 Å². The predicted molar refractivity (Wildman–Crippen MR) is 66.0 cm³/mol. The third-order valence-corrected chi connectivity index (χ3v) is 3.82. The van der Waals surface area contributed by atoms with Crippen molar-refractivity contribution in [3.05, 3.63) is 5.82 Å². The summed E-state index contributed by atoms with van der Waals surface area (Å²) in [5.41, 5.74) is 4.73. The highest BCUT2D eigenvalue weighted by molar-refractivity contribution is 7.99. The third-order valence-electron chi connectivity index (χ3n) is 2.40. The summed E-state index contributed by atoms with van der Waals surface area (Å²) in [5, 5.41) is 17.7. The fourth-order valence-corrected chi connectivity index (χ4v) is 2.25. The number of aliphatic carboxylic acids is 1. The van der Waals surface area contributed by atoms with E-state index in [2.05, 4.69) is 10.2 Å². The van der Waals surface area contributed by atoms with E-state index in [1.165, 1.54) is 11.8 Å². The van der Waals surface area contributed by atoms with Gasteiger partial charge in [-0.2, -0.15) is 0 Å². The Bertz CT molecular complexity index is 403. The second-order valence-corrected chi connectivity index (χ2v) is 5.39. The molecule has 0 radical (unpaired) electrons. The van der Waals surface area contributed by atoms with Crippen LogP contribution in [0.15, 0.2) is 5.16 Å². The van der Waals surface area contributed by atoms with Crippen LogP contribution in [0.3, 0.4) is 0 Å². The first kappa shape index (κ1) is 14.0. The minimum absolute atomic E-state index is 0.449. The van der Waals surface area contributed by atoms with Crippen LogP contribution in [-0.4, -0.2) is 38.1 Å². The third kappa shape index (κ3) is 3.44. The van der Waals surface area contributed by atoms with Gasteiger partial charge in [-0.1, -0.05) is 11.8 Å². The SMILES string of the molecule is Cc1nnc(SCC(C)(C)C(=O)O)n1CCN. The molecule has 3 N–H and O–H groups in total. The number of aryl methyl sites for hydroxylation is 1. The molecule has 0 spiro atoms. The van der Waals surface area contributed by atoms with Crippen molar-refractivity contribution in [2.24, 2.45) is 11.1 Å². The van der Waals surface area contributed by atoms with Crippen LogP contribution < -0.4 is 5.73 Å². The van der Waals surface area contributed by atoms with E-state index in [0.717, 1.165) is 11.0 Å². The molecular weight excluding hydrogens is 240 g/mol. The molecule has 0 aromatic carbocycles. The Labute approximate surface area is 105 Å². The molecule has 0 unspecified atom stereocenters. The van der Waals surface area contributed by atoms with E-state index in [0.29, 0.717) is 18.8 Å². The van der Waals surface area contributed by atoms with Gasteiger partial charge < -0.3 is 15.4 Å². The van der Waals surface area contributed by atoms with Crippen molar-refractivity contribution in [3.63, 3.8) is 0 Å². The molecule has 17 heavy (non-hydrogen) atoms. The van der Waals surface area contributed by atoms with Crippen LogP contribution in [0.5, 0.6) is 0 Å². The quantitative estimate of drug-likeness (QED) is 0.731. The summed E-state index contributed by atoms with van der Waals surface area (Å²) >= 11 is 1.40. The molecule has 1 rings (SSSR count). The topological polar surface area (TPSA) is 94.0 Å². The molecule has 0 saturated carbocycles. The molecule has 7 heteroatoms. The Morgan fingerprint density at radius 1 is 1.53 bits per heavy atom. The highest BCUT2D eigenvalue weighted by atomic mass is 32.2. The summed E-state index contributed by atoms with van der Waals surface area (Å²) in [6.07, 6.45) is 0. The average molecular weight is 258 g/mol. The van der Waals surface area contributed by atoms with Gasteiger partial charge in [-0.3, -0.25) is 4.79 Å². The smallest absolute Gasteiger partial charge is 0.309 e. The van der Waals surface area contributed by atoms with Gasteiger partial charge >= 0.3 is 5.97 Å². The van der Waals surface area contributed by atoms with Gasteiger partial charge in [0.15, 0.2) is 5.16 Å². The van der Waals surface area contributed by atoms with Crippen LogP contribution in [0.2, 0.25) is 0 Å². The maximum Gasteiger partial charge on any atom is 0.309 e. The Kier molecular flexibility index (Phi) is 4.53. The lowest BCUT2D eigenvalue weighted by Gasteiger charge is -2.18. The maximum absolute atomic E-state index is 11.0. The molecule has 0 aliphatic heterocycles. The largest absolute Gasteiger partial charge is 0.481 e. The number of carboxylic acid groups (broad SMARTS) is 1. The lowest BCUT2D eigenvalue weighted by molar-refractivity contribution is -0.145. The molecule has 1 heterocycles. The molecular formula is C10H18N4O2S. The number of nitrogens with two attached hydrogens (primary N) is 1. The molecule has 96 valence electrons. The molecule has 0 aliphatic carbocycles. The minimum Gasteiger partial charge on any atom is -0.481 e. The van der Waals surface area contributed by atoms with E-state index < -0.39 is 11.4 Å². The van der Waals surface area contributed by atoms with Gasteiger partial charge in [-0.05, 0) is 20.8 Å². The molecule has 0 bridgehead atoms. The number of hydrogen-bond donors (Lipinski definition) is 2. The van der Waals surface area contributed by atoms with Gasteiger partial charge in [-0.25, -0.2) is 0 Å². The number of hydrogen-bond acceptors (Lipinski definition) is 5. The number of carboxylic acids is 1. The van der Waals surface area contributed by atoms with Crippen molar-refractivity contribution < 1.29 is 9.90 Å². The van der Waals surface area contributed by atoms with Crippen molar-refractivity contribution in [2.45, 2.75) is 32.5 Å². The van der Waals surface area contributed by atoms with Gasteiger partial charge in [0.05, 0.1) is 5.41 Å². The van der Waals surface area contributed by atoms with E-state index in [1.807, 2.05) is 11.5 Å². The van der Waals surface area contributed by atoms with Crippen molar-refractivity contribution in [1.29, 1.82) is 0 Å². The van der Waals surface area contributed by atoms with Gasteiger partial charge in [0.25, 0.3) is 0 Å². The Morgan fingerprint density at radius 3 is 2.71 bits per heavy atom. The average Bonchev–Trinajstić information content (AvgIpc) is 2.58. The number of carbonyl (C=O) groups is 1. The molecule has 1 aromatic rings. The highest BCUT2D eigenvalue weighted by Gasteiger charge is 2.28. The normalized spacial score (nSPS) is 11.8. The fourth-order valence-electron chi connectivity index (χ4n) is 1.16. The lowest BCUT2D eigenvalue weighted by Crippen LogP contribution is -2.26. The molecule has 0 atom stereocenters. The zero-order valence-corrected chi connectivity index (χ0v) is 11.1. The summed E-state index contributed by atoms with van der Waals surface area (Å²) in [7, 11) is 0. The molecule has 0 saturated heterocycles. The summed E-state index contributed by atoms with van der Waals surface area (Å²) in [6.45, 7) is 6.40. The highest BCUT2D eigenvalue weighted by Crippen LogP contribution is 2.27. The first-order valence-electron chi connectivity index (χ1n) is 5.34. The van der Waals surface area contributed by atoms with Crippen LogP contribution >= 0.6 is 11.8 Å². The first-order valence-corrected chi connectivity index (χ1v) is 6.33. The number of thioether (sulfide) groups is 1. The molecule has 0 fully saturated rings. The van der Waals surface area contributed by atoms with Crippen molar-refractivity contribution in [3.8, 4) is 0 Å². The number of rotatable bonds is 6. The molecule has 6 nitrogen and oxygen atoms in total. The van der Waals surface area contributed by atoms with E-state index in [-0.39, 0.29) is 0 Å². The van der Waals surface area contributed by atoms with Gasteiger partial charge in [-0.15, -0.1) is 10.2 Å². The Balaban J connectivity index is 2.72. The van der Waals surface area contributed by atoms with Crippen molar-refractivity contribution in [1.82, 2.24) is 14.8 Å². The van der Waals surface area contributed by atoms with Crippen molar-refractivity contribution in [2.75, 3.05) is 12.3 Å².